The number of imidazole rings is 1. The largest absolute Gasteiger partial charge is 0.497 e. The molecule has 2 aromatic rings. The van der Waals surface area contributed by atoms with E-state index < -0.39 is 5.91 Å². The minimum absolute atomic E-state index is 0.333. The Kier molecular flexibility index (Phi) is 2.36. The van der Waals surface area contributed by atoms with Crippen molar-refractivity contribution in [3.8, 4) is 5.75 Å². The molecule has 0 aliphatic carbocycles. The smallest absolute Gasteiger partial charge is 0.267 e. The summed E-state index contributed by atoms with van der Waals surface area (Å²) in [6.07, 6.45) is 1.43. The predicted molar refractivity (Wildman–Crippen MR) is 58.0 cm³/mol. The Morgan fingerprint density at radius 3 is 2.93 bits per heavy atom. The summed E-state index contributed by atoms with van der Waals surface area (Å²) in [6, 6.07) is 3.46. The molecule has 0 saturated carbocycles. The molecule has 0 saturated heterocycles. The molecule has 6 heteroatoms. The number of aromatic nitrogens is 2. The fourth-order valence-corrected chi connectivity index (χ4v) is 1.93. The van der Waals surface area contributed by atoms with Gasteiger partial charge >= 0.3 is 0 Å². The van der Waals surface area contributed by atoms with Gasteiger partial charge in [-0.2, -0.15) is 0 Å². The third-order valence-electron chi connectivity index (χ3n) is 2.02. The molecule has 5 nitrogen and oxygen atoms in total. The van der Waals surface area contributed by atoms with Gasteiger partial charge < -0.3 is 10.5 Å². The number of pyridine rings is 1. The van der Waals surface area contributed by atoms with Gasteiger partial charge in [-0.3, -0.25) is 9.20 Å². The number of carbonyl (C=O) groups excluding carboxylic acids is 1. The summed E-state index contributed by atoms with van der Waals surface area (Å²) in [5, 5.41) is 0. The van der Waals surface area contributed by atoms with Gasteiger partial charge in [0, 0.05) is 12.1 Å². The van der Waals surface area contributed by atoms with Crippen molar-refractivity contribution in [3.05, 3.63) is 28.6 Å². The van der Waals surface area contributed by atoms with Crippen LogP contribution in [0.4, 0.5) is 0 Å². The number of hydrogen-bond acceptors (Lipinski definition) is 3. The second-order valence-electron chi connectivity index (χ2n) is 2.92. The van der Waals surface area contributed by atoms with Crippen LogP contribution in [0.3, 0.4) is 0 Å². The summed E-state index contributed by atoms with van der Waals surface area (Å²) < 4.78 is 7.36. The van der Waals surface area contributed by atoms with Gasteiger partial charge in [-0.05, 0) is 15.9 Å². The average molecular weight is 270 g/mol. The Morgan fingerprint density at radius 2 is 2.33 bits per heavy atom. The Bertz CT molecular complexity index is 535. The minimum Gasteiger partial charge on any atom is -0.497 e. The van der Waals surface area contributed by atoms with Crippen molar-refractivity contribution in [2.75, 3.05) is 7.11 Å². The third-order valence-corrected chi connectivity index (χ3v) is 2.61. The maximum Gasteiger partial charge on any atom is 0.267 e. The highest BCUT2D eigenvalue weighted by atomic mass is 79.9. The van der Waals surface area contributed by atoms with Gasteiger partial charge in [-0.15, -0.1) is 0 Å². The van der Waals surface area contributed by atoms with Crippen LogP contribution in [-0.4, -0.2) is 22.4 Å². The quantitative estimate of drug-likeness (QED) is 0.834. The van der Waals surface area contributed by atoms with Crippen molar-refractivity contribution in [1.29, 1.82) is 0 Å². The summed E-state index contributed by atoms with van der Waals surface area (Å²) in [5.74, 6) is 0.143. The van der Waals surface area contributed by atoms with Crippen LogP contribution in [-0.2, 0) is 0 Å². The number of nitrogens with two attached hydrogens (primary N) is 1. The molecule has 0 radical (unpaired) electrons. The number of ether oxygens (including phenoxy) is 1. The lowest BCUT2D eigenvalue weighted by Gasteiger charge is -2.04. The maximum atomic E-state index is 11.1. The third kappa shape index (κ3) is 1.56. The monoisotopic (exact) mass is 269 g/mol. The zero-order chi connectivity index (χ0) is 11.0. The summed E-state index contributed by atoms with van der Waals surface area (Å²) in [4.78, 5) is 15.2. The normalized spacial score (nSPS) is 10.5. The van der Waals surface area contributed by atoms with Crippen LogP contribution in [0.5, 0.6) is 5.75 Å². The van der Waals surface area contributed by atoms with E-state index in [4.69, 9.17) is 10.5 Å². The number of carbonyl (C=O) groups is 1. The van der Waals surface area contributed by atoms with Gasteiger partial charge in [-0.1, -0.05) is 0 Å². The highest BCUT2D eigenvalue weighted by Gasteiger charge is 2.12. The van der Waals surface area contributed by atoms with E-state index in [-0.39, 0.29) is 0 Å². The molecule has 0 spiro atoms. The lowest BCUT2D eigenvalue weighted by molar-refractivity contribution is 0.0994. The molecule has 0 bridgehead atoms. The lowest BCUT2D eigenvalue weighted by Crippen LogP contribution is -2.14. The van der Waals surface area contributed by atoms with Gasteiger partial charge in [0.1, 0.15) is 17.1 Å². The van der Waals surface area contributed by atoms with E-state index in [9.17, 15) is 4.79 Å². The molecule has 2 N–H and O–H groups in total. The Labute approximate surface area is 94.0 Å². The van der Waals surface area contributed by atoms with E-state index in [2.05, 4.69) is 20.9 Å². The van der Waals surface area contributed by atoms with Crippen LogP contribution >= 0.6 is 15.9 Å². The molecule has 0 aliphatic heterocycles. The molecule has 0 unspecified atom stereocenters. The zero-order valence-corrected chi connectivity index (χ0v) is 9.48. The maximum absolute atomic E-state index is 11.1. The van der Waals surface area contributed by atoms with Crippen LogP contribution in [0.15, 0.2) is 22.9 Å². The Balaban J connectivity index is 2.77. The molecule has 0 fully saturated rings. The highest BCUT2D eigenvalue weighted by Crippen LogP contribution is 2.22. The van der Waals surface area contributed by atoms with Gasteiger partial charge in [-0.25, -0.2) is 4.98 Å². The molecular weight excluding hydrogens is 262 g/mol. The van der Waals surface area contributed by atoms with E-state index in [1.54, 1.807) is 23.6 Å². The fourth-order valence-electron chi connectivity index (χ4n) is 1.33. The molecule has 0 aliphatic rings. The summed E-state index contributed by atoms with van der Waals surface area (Å²) >= 11 is 3.32. The lowest BCUT2D eigenvalue weighted by atomic mass is 10.4. The number of fused-ring (bicyclic) bond motifs is 1. The summed E-state index contributed by atoms with van der Waals surface area (Å²) in [5.41, 5.74) is 6.15. The van der Waals surface area contributed by atoms with Crippen molar-refractivity contribution in [3.63, 3.8) is 0 Å². The number of rotatable bonds is 2. The first-order chi connectivity index (χ1) is 7.13. The molecular formula is C9H8BrN3O2. The van der Waals surface area contributed by atoms with Crippen molar-refractivity contribution in [1.82, 2.24) is 9.38 Å². The van der Waals surface area contributed by atoms with E-state index in [1.807, 2.05) is 0 Å². The van der Waals surface area contributed by atoms with Crippen LogP contribution in [0, 0.1) is 0 Å². The van der Waals surface area contributed by atoms with Gasteiger partial charge in [0.2, 0.25) is 0 Å². The number of primary amides is 1. The first-order valence-corrected chi connectivity index (χ1v) is 4.93. The molecule has 78 valence electrons. The first-order valence-electron chi connectivity index (χ1n) is 4.14. The zero-order valence-electron chi connectivity index (χ0n) is 7.90. The molecule has 15 heavy (non-hydrogen) atoms. The van der Waals surface area contributed by atoms with Crippen molar-refractivity contribution < 1.29 is 9.53 Å². The predicted octanol–water partition coefficient (Wildman–Crippen LogP) is 1.20. The van der Waals surface area contributed by atoms with Gasteiger partial charge in [0.15, 0.2) is 0 Å². The molecule has 1 amide bonds. The van der Waals surface area contributed by atoms with Crippen LogP contribution in [0.25, 0.3) is 5.65 Å². The minimum atomic E-state index is -0.520. The molecule has 2 rings (SSSR count). The van der Waals surface area contributed by atoms with Crippen LogP contribution in [0.1, 0.15) is 10.5 Å². The number of hydrogen-bond donors (Lipinski definition) is 1. The second kappa shape index (κ2) is 3.54. The second-order valence-corrected chi connectivity index (χ2v) is 3.73. The Hall–Kier alpha value is -1.56. The molecule has 0 atom stereocenters. The van der Waals surface area contributed by atoms with E-state index in [1.165, 1.54) is 6.20 Å². The van der Waals surface area contributed by atoms with E-state index in [0.717, 1.165) is 0 Å². The number of amides is 1. The number of nitrogens with zero attached hydrogens (tertiary/aromatic N) is 2. The van der Waals surface area contributed by atoms with Crippen LogP contribution in [0.2, 0.25) is 0 Å². The summed E-state index contributed by atoms with van der Waals surface area (Å²) in [7, 11) is 1.57. The highest BCUT2D eigenvalue weighted by molar-refractivity contribution is 9.10. The topological polar surface area (TPSA) is 69.6 Å². The van der Waals surface area contributed by atoms with Crippen LogP contribution < -0.4 is 10.5 Å². The number of methoxy groups -OCH3 is 1. The van der Waals surface area contributed by atoms with Crippen molar-refractivity contribution >= 4 is 27.5 Å². The fraction of sp³-hybridized carbons (Fsp3) is 0.111. The molecule has 2 heterocycles. The first kappa shape index (κ1) is 9.97. The van der Waals surface area contributed by atoms with E-state index in [0.29, 0.717) is 21.7 Å². The average Bonchev–Trinajstić information content (AvgIpc) is 2.61. The Morgan fingerprint density at radius 1 is 1.60 bits per heavy atom. The van der Waals surface area contributed by atoms with Crippen molar-refractivity contribution in [2.24, 2.45) is 5.73 Å². The standard InChI is InChI=1S/C9H8BrN3O2/c1-15-5-2-7(10)13-6(9(11)14)4-12-8(13)3-5/h2-4H,1H3,(H2,11,14). The van der Waals surface area contributed by atoms with Gasteiger partial charge in [0.25, 0.3) is 5.91 Å². The SMILES string of the molecule is COc1cc(Br)n2c(C(N)=O)cnc2c1. The van der Waals surface area contributed by atoms with Gasteiger partial charge in [0.05, 0.1) is 17.9 Å². The van der Waals surface area contributed by atoms with Crippen molar-refractivity contribution in [2.45, 2.75) is 0 Å². The van der Waals surface area contributed by atoms with E-state index >= 15 is 0 Å². The molecule has 0 aromatic carbocycles. The number of halogens is 1. The summed E-state index contributed by atoms with van der Waals surface area (Å²) in [6.45, 7) is 0. The molecule has 2 aromatic heterocycles.